The van der Waals surface area contributed by atoms with Gasteiger partial charge >= 0.3 is 18.4 Å². The van der Waals surface area contributed by atoms with Crippen molar-refractivity contribution in [3.05, 3.63) is 69.3 Å². The molecule has 13 heteroatoms. The third-order valence-corrected chi connectivity index (χ3v) is 6.19. The molecular weight excluding hydrogens is 545 g/mol. The Bertz CT molecular complexity index is 1280. The van der Waals surface area contributed by atoms with Crippen LogP contribution in [-0.4, -0.2) is 42.6 Å². The summed E-state index contributed by atoms with van der Waals surface area (Å²) in [6.07, 6.45) is -4.24. The average molecular weight is 571 g/mol. The molecule has 3 aromatic rings. The minimum atomic E-state index is -4.77. The van der Waals surface area contributed by atoms with E-state index in [0.29, 0.717) is 41.4 Å². The molecular formula is C25H26ClF3N4O4S. The van der Waals surface area contributed by atoms with E-state index in [0.717, 1.165) is 11.3 Å². The van der Waals surface area contributed by atoms with Gasteiger partial charge in [-0.15, -0.1) is 24.5 Å². The number of thiazole rings is 1. The molecule has 0 bridgehead atoms. The zero-order chi connectivity index (χ0) is 27.5. The van der Waals surface area contributed by atoms with Gasteiger partial charge in [-0.1, -0.05) is 23.7 Å². The monoisotopic (exact) mass is 570 g/mol. The molecule has 1 aromatic heterocycles. The van der Waals surface area contributed by atoms with E-state index in [1.165, 1.54) is 23.5 Å². The highest BCUT2D eigenvalue weighted by atomic mass is 35.5. The Hall–Kier alpha value is -3.51. The van der Waals surface area contributed by atoms with E-state index >= 15 is 0 Å². The van der Waals surface area contributed by atoms with Gasteiger partial charge in [0.15, 0.2) is 4.80 Å². The summed E-state index contributed by atoms with van der Waals surface area (Å²) in [6.45, 7) is 2.86. The first-order valence-electron chi connectivity index (χ1n) is 11.6. The van der Waals surface area contributed by atoms with Gasteiger partial charge in [0.1, 0.15) is 12.3 Å². The molecule has 204 valence electrons. The number of urea groups is 1. The molecule has 2 amide bonds. The van der Waals surface area contributed by atoms with Crippen LogP contribution in [0.1, 0.15) is 18.9 Å². The maximum Gasteiger partial charge on any atom is 0.573 e. The van der Waals surface area contributed by atoms with Gasteiger partial charge in [0.25, 0.3) is 0 Å². The van der Waals surface area contributed by atoms with E-state index in [2.05, 4.69) is 15.4 Å². The van der Waals surface area contributed by atoms with Gasteiger partial charge in [-0.25, -0.2) is 4.79 Å². The van der Waals surface area contributed by atoms with Gasteiger partial charge in [0.05, 0.1) is 18.8 Å². The van der Waals surface area contributed by atoms with Crippen LogP contribution in [0, 0.1) is 0 Å². The molecule has 3 rings (SSSR count). The van der Waals surface area contributed by atoms with Crippen LogP contribution in [0.2, 0.25) is 5.02 Å². The summed E-state index contributed by atoms with van der Waals surface area (Å²) in [5, 5.41) is 7.60. The topological polar surface area (TPSA) is 93.9 Å². The average Bonchev–Trinajstić information content (AvgIpc) is 3.27. The number of hydrogen-bond donors (Lipinski definition) is 2. The van der Waals surface area contributed by atoms with E-state index in [9.17, 15) is 22.8 Å². The predicted molar refractivity (Wildman–Crippen MR) is 138 cm³/mol. The van der Waals surface area contributed by atoms with Crippen LogP contribution in [0.15, 0.2) is 58.9 Å². The normalized spacial score (nSPS) is 11.8. The summed E-state index contributed by atoms with van der Waals surface area (Å²) in [7, 11) is 0. The summed E-state index contributed by atoms with van der Waals surface area (Å²) in [6, 6.07) is 12.4. The Morgan fingerprint density at radius 2 is 1.79 bits per heavy atom. The Morgan fingerprint density at radius 1 is 1.08 bits per heavy atom. The molecule has 0 unspecified atom stereocenters. The van der Waals surface area contributed by atoms with Crippen molar-refractivity contribution in [2.45, 2.75) is 32.8 Å². The number of rotatable bonds is 11. The second-order valence-corrected chi connectivity index (χ2v) is 9.11. The lowest BCUT2D eigenvalue weighted by Gasteiger charge is -2.12. The Balaban J connectivity index is 1.72. The SMILES string of the molecule is CCOC(=O)CNC(=O)NCCCn1c(-c2ccc(OC(F)(F)F)cc2)csc1=NCc1ccc(Cl)cc1. The molecule has 0 spiro atoms. The number of hydrogen-bond acceptors (Lipinski definition) is 6. The van der Waals surface area contributed by atoms with Crippen molar-refractivity contribution in [1.82, 2.24) is 15.2 Å². The minimum absolute atomic E-state index is 0.228. The van der Waals surface area contributed by atoms with Crippen LogP contribution in [0.25, 0.3) is 11.3 Å². The fourth-order valence-corrected chi connectivity index (χ4v) is 4.41. The minimum Gasteiger partial charge on any atom is -0.465 e. The van der Waals surface area contributed by atoms with Crippen molar-refractivity contribution >= 4 is 34.9 Å². The number of nitrogens with zero attached hydrogens (tertiary/aromatic N) is 2. The Morgan fingerprint density at radius 3 is 2.45 bits per heavy atom. The van der Waals surface area contributed by atoms with Crippen molar-refractivity contribution in [2.75, 3.05) is 19.7 Å². The molecule has 1 heterocycles. The Kier molecular flexibility index (Phi) is 10.6. The zero-order valence-corrected chi connectivity index (χ0v) is 22.0. The van der Waals surface area contributed by atoms with Crippen LogP contribution >= 0.6 is 22.9 Å². The lowest BCUT2D eigenvalue weighted by molar-refractivity contribution is -0.274. The smallest absolute Gasteiger partial charge is 0.465 e. The number of alkyl halides is 3. The number of nitrogens with one attached hydrogen (secondary N) is 2. The van der Waals surface area contributed by atoms with E-state index in [4.69, 9.17) is 21.3 Å². The van der Waals surface area contributed by atoms with Crippen molar-refractivity contribution < 1.29 is 32.2 Å². The van der Waals surface area contributed by atoms with Gasteiger partial charge in [-0.3, -0.25) is 9.79 Å². The number of aromatic nitrogens is 1. The van der Waals surface area contributed by atoms with Crippen LogP contribution in [0.4, 0.5) is 18.0 Å². The van der Waals surface area contributed by atoms with Gasteiger partial charge < -0.3 is 24.7 Å². The summed E-state index contributed by atoms with van der Waals surface area (Å²) >= 11 is 7.35. The first kappa shape index (κ1) is 29.1. The van der Waals surface area contributed by atoms with Gasteiger partial charge in [-0.2, -0.15) is 0 Å². The summed E-state index contributed by atoms with van der Waals surface area (Å²) in [5.41, 5.74) is 2.41. The van der Waals surface area contributed by atoms with Crippen LogP contribution in [0.3, 0.4) is 0 Å². The molecule has 2 aromatic carbocycles. The first-order chi connectivity index (χ1) is 18.1. The van der Waals surface area contributed by atoms with Gasteiger partial charge in [0, 0.05) is 23.5 Å². The number of amides is 2. The highest BCUT2D eigenvalue weighted by Gasteiger charge is 2.31. The molecule has 0 fully saturated rings. The summed E-state index contributed by atoms with van der Waals surface area (Å²) < 4.78 is 48.3. The molecule has 2 N–H and O–H groups in total. The maximum absolute atomic E-state index is 12.5. The molecule has 8 nitrogen and oxygen atoms in total. The molecule has 0 radical (unpaired) electrons. The highest BCUT2D eigenvalue weighted by molar-refractivity contribution is 7.07. The third kappa shape index (κ3) is 9.42. The number of carbonyl (C=O) groups excluding carboxylic acids is 2. The van der Waals surface area contributed by atoms with Crippen molar-refractivity contribution in [3.8, 4) is 17.0 Å². The standard InChI is InChI=1S/C25H26ClF3N4O4S/c1-2-36-22(34)15-31-23(35)30-12-3-13-33-21(18-6-10-20(11-7-18)37-25(27,28)29)16-38-24(33)32-14-17-4-8-19(26)9-5-17/h4-11,16H,2-3,12-15H2,1H3,(H2,30,31,35). The van der Waals surface area contributed by atoms with Crippen molar-refractivity contribution in [1.29, 1.82) is 0 Å². The fraction of sp³-hybridized carbons (Fsp3) is 0.320. The number of halogens is 4. The summed E-state index contributed by atoms with van der Waals surface area (Å²) in [4.78, 5) is 28.7. The number of esters is 1. The second kappa shape index (κ2) is 13.9. The van der Waals surface area contributed by atoms with E-state index in [1.54, 1.807) is 31.2 Å². The number of benzene rings is 2. The second-order valence-electron chi connectivity index (χ2n) is 7.84. The lowest BCUT2D eigenvalue weighted by atomic mass is 10.1. The quantitative estimate of drug-likeness (QED) is 0.247. The number of ether oxygens (including phenoxy) is 2. The van der Waals surface area contributed by atoms with E-state index in [-0.39, 0.29) is 18.9 Å². The molecule has 0 saturated heterocycles. The third-order valence-electron chi connectivity index (χ3n) is 5.03. The maximum atomic E-state index is 12.5. The molecule has 38 heavy (non-hydrogen) atoms. The first-order valence-corrected chi connectivity index (χ1v) is 12.9. The van der Waals surface area contributed by atoms with Gasteiger partial charge in [0.2, 0.25) is 0 Å². The molecule has 0 saturated carbocycles. The van der Waals surface area contributed by atoms with Crippen LogP contribution in [-0.2, 0) is 22.6 Å². The van der Waals surface area contributed by atoms with E-state index in [1.807, 2.05) is 22.1 Å². The van der Waals surface area contributed by atoms with Crippen molar-refractivity contribution in [3.63, 3.8) is 0 Å². The number of carbonyl (C=O) groups is 2. The fourth-order valence-electron chi connectivity index (χ4n) is 3.34. The molecule has 0 aliphatic carbocycles. The zero-order valence-electron chi connectivity index (χ0n) is 20.4. The van der Waals surface area contributed by atoms with Crippen molar-refractivity contribution in [2.24, 2.45) is 4.99 Å². The van der Waals surface area contributed by atoms with Crippen LogP contribution < -0.4 is 20.2 Å². The summed E-state index contributed by atoms with van der Waals surface area (Å²) in [5.74, 6) is -0.839. The Labute approximate surface area is 226 Å². The lowest BCUT2D eigenvalue weighted by Crippen LogP contribution is -2.39. The predicted octanol–water partition coefficient (Wildman–Crippen LogP) is 5.12. The van der Waals surface area contributed by atoms with Crippen LogP contribution in [0.5, 0.6) is 5.75 Å². The molecule has 0 atom stereocenters. The molecule has 0 aliphatic rings. The molecule has 0 aliphatic heterocycles. The largest absolute Gasteiger partial charge is 0.573 e. The van der Waals surface area contributed by atoms with Gasteiger partial charge in [-0.05, 0) is 60.9 Å². The highest BCUT2D eigenvalue weighted by Crippen LogP contribution is 2.27. The van der Waals surface area contributed by atoms with E-state index < -0.39 is 18.4 Å².